The van der Waals surface area contributed by atoms with Gasteiger partial charge in [0.1, 0.15) is 0 Å². The number of nitro benzene ring substituents is 1. The molecule has 1 fully saturated rings. The fraction of sp³-hybridized carbons (Fsp3) is 0.222. The summed E-state index contributed by atoms with van der Waals surface area (Å²) in [6, 6.07) is 15.1. The van der Waals surface area contributed by atoms with Crippen molar-refractivity contribution >= 4 is 17.6 Å². The third-order valence-electron chi connectivity index (χ3n) is 4.10. The predicted molar refractivity (Wildman–Crippen MR) is 90.5 cm³/mol. The molecule has 0 N–H and O–H groups in total. The summed E-state index contributed by atoms with van der Waals surface area (Å²) in [4.78, 5) is 37.9. The summed E-state index contributed by atoms with van der Waals surface area (Å²) in [6.45, 7) is 0.907. The number of carbonyl (C=O) groups excluding carboxylic acids is 2. The van der Waals surface area contributed by atoms with Crippen LogP contribution in [0.15, 0.2) is 54.6 Å². The highest BCUT2D eigenvalue weighted by molar-refractivity contribution is 5.96. The van der Waals surface area contributed by atoms with Gasteiger partial charge in [-0.05, 0) is 11.1 Å². The van der Waals surface area contributed by atoms with Gasteiger partial charge in [-0.1, -0.05) is 42.5 Å². The lowest BCUT2D eigenvalue weighted by atomic mass is 10.1. The van der Waals surface area contributed by atoms with Crippen molar-refractivity contribution < 1.29 is 14.5 Å². The van der Waals surface area contributed by atoms with Crippen LogP contribution in [-0.2, 0) is 17.9 Å². The number of carbonyl (C=O) groups is 2. The number of amides is 3. The van der Waals surface area contributed by atoms with Gasteiger partial charge in [-0.3, -0.25) is 19.8 Å². The van der Waals surface area contributed by atoms with Gasteiger partial charge in [0.15, 0.2) is 0 Å². The van der Waals surface area contributed by atoms with Gasteiger partial charge < -0.3 is 4.90 Å². The highest BCUT2D eigenvalue weighted by Crippen LogP contribution is 2.19. The van der Waals surface area contributed by atoms with Gasteiger partial charge in [0.25, 0.3) is 5.69 Å². The normalized spacial score (nSPS) is 14.7. The molecule has 2 aromatic rings. The second-order valence-corrected chi connectivity index (χ2v) is 5.84. The summed E-state index contributed by atoms with van der Waals surface area (Å²) in [5, 5.41) is 10.7. The van der Waals surface area contributed by atoms with E-state index in [1.165, 1.54) is 17.0 Å². The molecular formula is C18H17N3O4. The van der Waals surface area contributed by atoms with Crippen molar-refractivity contribution in [3.8, 4) is 0 Å². The number of benzene rings is 2. The molecule has 0 saturated carbocycles. The van der Waals surface area contributed by atoms with E-state index in [1.54, 1.807) is 17.0 Å². The van der Waals surface area contributed by atoms with Crippen LogP contribution >= 0.6 is 0 Å². The Kier molecular flexibility index (Phi) is 4.74. The van der Waals surface area contributed by atoms with Gasteiger partial charge >= 0.3 is 6.03 Å². The van der Waals surface area contributed by atoms with E-state index >= 15 is 0 Å². The van der Waals surface area contributed by atoms with Crippen molar-refractivity contribution in [3.05, 3.63) is 75.8 Å². The summed E-state index contributed by atoms with van der Waals surface area (Å²) < 4.78 is 0. The highest BCUT2D eigenvalue weighted by atomic mass is 16.6. The van der Waals surface area contributed by atoms with Crippen LogP contribution < -0.4 is 0 Å². The van der Waals surface area contributed by atoms with E-state index in [9.17, 15) is 19.7 Å². The van der Waals surface area contributed by atoms with E-state index in [0.717, 1.165) is 11.1 Å². The molecule has 7 heteroatoms. The number of imide groups is 1. The van der Waals surface area contributed by atoms with Crippen LogP contribution in [0.1, 0.15) is 17.5 Å². The van der Waals surface area contributed by atoms with Crippen LogP contribution in [0.25, 0.3) is 0 Å². The molecule has 0 aliphatic carbocycles. The minimum Gasteiger partial charge on any atom is -0.319 e. The lowest BCUT2D eigenvalue weighted by Gasteiger charge is -2.34. The largest absolute Gasteiger partial charge is 0.327 e. The van der Waals surface area contributed by atoms with Crippen molar-refractivity contribution in [3.63, 3.8) is 0 Å². The average molecular weight is 339 g/mol. The molecule has 2 aromatic carbocycles. The number of urea groups is 1. The molecule has 1 saturated heterocycles. The maximum atomic E-state index is 12.6. The van der Waals surface area contributed by atoms with Crippen LogP contribution in [0, 0.1) is 10.1 Å². The van der Waals surface area contributed by atoms with E-state index in [-0.39, 0.29) is 30.6 Å². The first-order valence-corrected chi connectivity index (χ1v) is 7.91. The van der Waals surface area contributed by atoms with Crippen molar-refractivity contribution in [2.24, 2.45) is 0 Å². The number of nitro groups is 1. The summed E-state index contributed by atoms with van der Waals surface area (Å²) >= 11 is 0. The number of nitrogens with zero attached hydrogens (tertiary/aromatic N) is 3. The maximum absolute atomic E-state index is 12.6. The predicted octanol–water partition coefficient (Wildman–Crippen LogP) is 2.95. The molecule has 7 nitrogen and oxygen atoms in total. The molecule has 0 aromatic heterocycles. The molecule has 0 radical (unpaired) electrons. The first-order chi connectivity index (χ1) is 12.0. The fourth-order valence-corrected chi connectivity index (χ4v) is 2.75. The number of rotatable bonds is 5. The Morgan fingerprint density at radius 1 is 0.920 bits per heavy atom. The maximum Gasteiger partial charge on any atom is 0.327 e. The molecule has 0 atom stereocenters. The smallest absolute Gasteiger partial charge is 0.319 e. The van der Waals surface area contributed by atoms with E-state index in [4.69, 9.17) is 0 Å². The molecule has 3 amide bonds. The molecule has 0 unspecified atom stereocenters. The van der Waals surface area contributed by atoms with E-state index in [2.05, 4.69) is 0 Å². The minimum atomic E-state index is -0.462. The van der Waals surface area contributed by atoms with Crippen LogP contribution in [0.5, 0.6) is 0 Å². The number of hydrogen-bond acceptors (Lipinski definition) is 4. The zero-order chi connectivity index (χ0) is 17.8. The zero-order valence-electron chi connectivity index (χ0n) is 13.5. The van der Waals surface area contributed by atoms with Gasteiger partial charge in [0.2, 0.25) is 5.91 Å². The monoisotopic (exact) mass is 339 g/mol. The molecule has 1 aliphatic rings. The Morgan fingerprint density at radius 3 is 2.20 bits per heavy atom. The summed E-state index contributed by atoms with van der Waals surface area (Å²) in [5.41, 5.74) is 1.68. The lowest BCUT2D eigenvalue weighted by molar-refractivity contribution is -0.384. The van der Waals surface area contributed by atoms with Gasteiger partial charge in [0, 0.05) is 31.6 Å². The standard InChI is InChI=1S/C18H17N3O4/c22-17-10-11-19(12-15-6-8-16(9-7-15)21(24)25)18(23)20(17)13-14-4-2-1-3-5-14/h1-9H,10-13H2. The number of hydrogen-bond donors (Lipinski definition) is 0. The van der Waals surface area contributed by atoms with Crippen LogP contribution in [-0.4, -0.2) is 33.2 Å². The Labute approximate surface area is 144 Å². The van der Waals surface area contributed by atoms with Gasteiger partial charge in [-0.25, -0.2) is 4.79 Å². The topological polar surface area (TPSA) is 83.8 Å². The molecule has 128 valence electrons. The van der Waals surface area contributed by atoms with Crippen LogP contribution in [0.3, 0.4) is 0 Å². The molecule has 1 heterocycles. The molecule has 1 aliphatic heterocycles. The Morgan fingerprint density at radius 2 is 1.56 bits per heavy atom. The zero-order valence-corrected chi connectivity index (χ0v) is 13.5. The fourth-order valence-electron chi connectivity index (χ4n) is 2.75. The lowest BCUT2D eigenvalue weighted by Crippen LogP contribution is -2.51. The molecule has 0 bridgehead atoms. The second-order valence-electron chi connectivity index (χ2n) is 5.84. The number of non-ortho nitro benzene ring substituents is 1. The molecule has 25 heavy (non-hydrogen) atoms. The Balaban J connectivity index is 1.71. The van der Waals surface area contributed by atoms with Crippen LogP contribution in [0.2, 0.25) is 0 Å². The summed E-state index contributed by atoms with van der Waals surface area (Å²) in [5.74, 6) is -0.186. The van der Waals surface area contributed by atoms with Gasteiger partial charge in [-0.2, -0.15) is 0 Å². The molecular weight excluding hydrogens is 322 g/mol. The summed E-state index contributed by atoms with van der Waals surface area (Å²) in [6.07, 6.45) is 0.269. The first-order valence-electron chi connectivity index (χ1n) is 7.91. The van der Waals surface area contributed by atoms with Crippen molar-refractivity contribution in [1.29, 1.82) is 0 Å². The Bertz CT molecular complexity index is 790. The van der Waals surface area contributed by atoms with E-state index in [1.807, 2.05) is 30.3 Å². The van der Waals surface area contributed by atoms with Gasteiger partial charge in [0.05, 0.1) is 11.5 Å². The van der Waals surface area contributed by atoms with Crippen molar-refractivity contribution in [2.75, 3.05) is 6.54 Å². The van der Waals surface area contributed by atoms with Crippen LogP contribution in [0.4, 0.5) is 10.5 Å². The summed E-state index contributed by atoms with van der Waals surface area (Å²) in [7, 11) is 0. The second kappa shape index (κ2) is 7.12. The highest BCUT2D eigenvalue weighted by Gasteiger charge is 2.31. The third kappa shape index (κ3) is 3.82. The minimum absolute atomic E-state index is 0.00889. The van der Waals surface area contributed by atoms with Gasteiger partial charge in [-0.15, -0.1) is 0 Å². The quantitative estimate of drug-likeness (QED) is 0.619. The SMILES string of the molecule is O=C1CCN(Cc2ccc([N+](=O)[O-])cc2)C(=O)N1Cc1ccccc1. The van der Waals surface area contributed by atoms with Crippen molar-refractivity contribution in [2.45, 2.75) is 19.5 Å². The first kappa shape index (κ1) is 16.6. The third-order valence-corrected chi connectivity index (χ3v) is 4.10. The van der Waals surface area contributed by atoms with E-state index < -0.39 is 4.92 Å². The van der Waals surface area contributed by atoms with E-state index in [0.29, 0.717) is 13.1 Å². The average Bonchev–Trinajstić information content (AvgIpc) is 2.62. The van der Waals surface area contributed by atoms with Crippen molar-refractivity contribution in [1.82, 2.24) is 9.80 Å². The Hall–Kier alpha value is -3.22. The molecule has 3 rings (SSSR count). The molecule has 0 spiro atoms.